The van der Waals surface area contributed by atoms with E-state index in [9.17, 15) is 0 Å². The molecule has 2 aliphatic rings. The Hall–Kier alpha value is 0.560. The van der Waals surface area contributed by atoms with E-state index in [0.717, 1.165) is 19.1 Å². The van der Waals surface area contributed by atoms with E-state index in [0.29, 0.717) is 11.6 Å². The minimum atomic E-state index is 0. The van der Waals surface area contributed by atoms with Gasteiger partial charge in [-0.1, -0.05) is 13.8 Å². The van der Waals surface area contributed by atoms with E-state index in [1.165, 1.54) is 24.3 Å². The SMILES string of the molecule is CC1(C)CNC(C2CCCSC2)OC1.Cl. The van der Waals surface area contributed by atoms with Crippen molar-refractivity contribution >= 4 is 24.2 Å². The lowest BCUT2D eigenvalue weighted by atomic mass is 9.92. The van der Waals surface area contributed by atoms with Crippen molar-refractivity contribution in [1.29, 1.82) is 0 Å². The van der Waals surface area contributed by atoms with Gasteiger partial charge in [-0.2, -0.15) is 11.8 Å². The predicted octanol–water partition coefficient (Wildman–Crippen LogP) is 2.52. The summed E-state index contributed by atoms with van der Waals surface area (Å²) in [6.07, 6.45) is 3.03. The molecule has 90 valence electrons. The zero-order chi connectivity index (χ0) is 10.0. The third-order valence-corrected chi connectivity index (χ3v) is 4.30. The van der Waals surface area contributed by atoms with Gasteiger partial charge in [-0.25, -0.2) is 0 Å². The van der Waals surface area contributed by atoms with Crippen molar-refractivity contribution in [3.05, 3.63) is 0 Å². The lowest BCUT2D eigenvalue weighted by molar-refractivity contribution is -0.0823. The van der Waals surface area contributed by atoms with Crippen LogP contribution in [0.4, 0.5) is 0 Å². The first kappa shape index (κ1) is 13.6. The van der Waals surface area contributed by atoms with E-state index >= 15 is 0 Å². The summed E-state index contributed by atoms with van der Waals surface area (Å²) in [4.78, 5) is 0. The number of hydrogen-bond donors (Lipinski definition) is 1. The Labute approximate surface area is 103 Å². The Morgan fingerprint density at radius 3 is 2.73 bits per heavy atom. The highest BCUT2D eigenvalue weighted by Gasteiger charge is 2.32. The van der Waals surface area contributed by atoms with Crippen LogP contribution in [0.3, 0.4) is 0 Å². The summed E-state index contributed by atoms with van der Waals surface area (Å²) in [5, 5.41) is 3.54. The van der Waals surface area contributed by atoms with Gasteiger partial charge in [0.1, 0.15) is 6.23 Å². The molecule has 0 aromatic carbocycles. The zero-order valence-electron chi connectivity index (χ0n) is 9.62. The maximum Gasteiger partial charge on any atom is 0.111 e. The Balaban J connectivity index is 0.00000112. The van der Waals surface area contributed by atoms with Crippen molar-refractivity contribution in [2.75, 3.05) is 24.7 Å². The molecule has 0 aliphatic carbocycles. The van der Waals surface area contributed by atoms with E-state index in [4.69, 9.17) is 4.74 Å². The summed E-state index contributed by atoms with van der Waals surface area (Å²) < 4.78 is 5.91. The normalized spacial score (nSPS) is 35.6. The fraction of sp³-hybridized carbons (Fsp3) is 1.00. The van der Waals surface area contributed by atoms with Gasteiger partial charge >= 0.3 is 0 Å². The van der Waals surface area contributed by atoms with Crippen LogP contribution in [-0.4, -0.2) is 30.9 Å². The molecule has 2 nitrogen and oxygen atoms in total. The topological polar surface area (TPSA) is 21.3 Å². The summed E-state index contributed by atoms with van der Waals surface area (Å²) in [6, 6.07) is 0. The van der Waals surface area contributed by atoms with Crippen LogP contribution >= 0.6 is 24.2 Å². The molecule has 2 rings (SSSR count). The van der Waals surface area contributed by atoms with Crippen LogP contribution in [0.5, 0.6) is 0 Å². The molecule has 2 atom stereocenters. The monoisotopic (exact) mass is 251 g/mol. The third-order valence-electron chi connectivity index (χ3n) is 3.06. The lowest BCUT2D eigenvalue weighted by Gasteiger charge is -2.40. The van der Waals surface area contributed by atoms with Crippen molar-refractivity contribution in [3.8, 4) is 0 Å². The molecule has 1 N–H and O–H groups in total. The number of ether oxygens (including phenoxy) is 1. The molecule has 0 radical (unpaired) electrons. The first-order chi connectivity index (χ1) is 6.67. The van der Waals surface area contributed by atoms with Gasteiger partial charge in [-0.05, 0) is 24.3 Å². The number of halogens is 1. The van der Waals surface area contributed by atoms with Crippen molar-refractivity contribution < 1.29 is 4.74 Å². The summed E-state index contributed by atoms with van der Waals surface area (Å²) in [5.74, 6) is 3.36. The Morgan fingerprint density at radius 2 is 2.20 bits per heavy atom. The smallest absolute Gasteiger partial charge is 0.111 e. The van der Waals surface area contributed by atoms with Gasteiger partial charge < -0.3 is 4.74 Å². The van der Waals surface area contributed by atoms with Crippen LogP contribution < -0.4 is 5.32 Å². The molecule has 0 aromatic rings. The van der Waals surface area contributed by atoms with Gasteiger partial charge in [-0.3, -0.25) is 5.32 Å². The fourth-order valence-corrected chi connectivity index (χ4v) is 3.29. The molecule has 0 aromatic heterocycles. The van der Waals surface area contributed by atoms with Gasteiger partial charge in [-0.15, -0.1) is 12.4 Å². The Bertz CT molecular complexity index is 185. The van der Waals surface area contributed by atoms with Crippen LogP contribution in [0, 0.1) is 11.3 Å². The van der Waals surface area contributed by atoms with Crippen molar-refractivity contribution in [2.24, 2.45) is 11.3 Å². The minimum Gasteiger partial charge on any atom is -0.362 e. The van der Waals surface area contributed by atoms with E-state index < -0.39 is 0 Å². The summed E-state index contributed by atoms with van der Waals surface area (Å²) in [5.41, 5.74) is 0.318. The quantitative estimate of drug-likeness (QED) is 0.774. The molecule has 4 heteroatoms. The molecule has 2 fully saturated rings. The average Bonchev–Trinajstić information content (AvgIpc) is 2.19. The highest BCUT2D eigenvalue weighted by molar-refractivity contribution is 7.99. The second-order valence-corrected chi connectivity index (χ2v) is 6.40. The summed E-state index contributed by atoms with van der Waals surface area (Å²) in [6.45, 7) is 6.52. The molecule has 0 saturated carbocycles. The second-order valence-electron chi connectivity index (χ2n) is 5.25. The molecule has 0 amide bonds. The van der Waals surface area contributed by atoms with Crippen LogP contribution in [0.15, 0.2) is 0 Å². The molecule has 0 spiro atoms. The van der Waals surface area contributed by atoms with E-state index in [1.54, 1.807) is 0 Å². The molecule has 2 unspecified atom stereocenters. The molecule has 0 bridgehead atoms. The van der Waals surface area contributed by atoms with E-state index in [2.05, 4.69) is 30.9 Å². The van der Waals surface area contributed by atoms with Crippen LogP contribution in [0.2, 0.25) is 0 Å². The fourth-order valence-electron chi connectivity index (χ4n) is 2.11. The van der Waals surface area contributed by atoms with Gasteiger partial charge in [0.2, 0.25) is 0 Å². The van der Waals surface area contributed by atoms with Crippen LogP contribution in [0.1, 0.15) is 26.7 Å². The van der Waals surface area contributed by atoms with E-state index in [-0.39, 0.29) is 12.4 Å². The molecule has 2 saturated heterocycles. The highest BCUT2D eigenvalue weighted by Crippen LogP contribution is 2.29. The van der Waals surface area contributed by atoms with Crippen LogP contribution in [-0.2, 0) is 4.74 Å². The van der Waals surface area contributed by atoms with Crippen molar-refractivity contribution in [3.63, 3.8) is 0 Å². The number of thioether (sulfide) groups is 1. The summed E-state index contributed by atoms with van der Waals surface area (Å²) in [7, 11) is 0. The molecular weight excluding hydrogens is 230 g/mol. The standard InChI is InChI=1S/C11H21NOS.ClH/c1-11(2)7-12-10(13-8-11)9-4-3-5-14-6-9;/h9-10,12H,3-8H2,1-2H3;1H. The maximum absolute atomic E-state index is 5.91. The predicted molar refractivity (Wildman–Crippen MR) is 68.8 cm³/mol. The first-order valence-corrected chi connectivity index (χ1v) is 6.76. The largest absolute Gasteiger partial charge is 0.362 e. The number of hydrogen-bond acceptors (Lipinski definition) is 3. The number of rotatable bonds is 1. The van der Waals surface area contributed by atoms with Crippen molar-refractivity contribution in [1.82, 2.24) is 5.32 Å². The minimum absolute atomic E-state index is 0. The zero-order valence-corrected chi connectivity index (χ0v) is 11.3. The van der Waals surface area contributed by atoms with Crippen LogP contribution in [0.25, 0.3) is 0 Å². The molecule has 15 heavy (non-hydrogen) atoms. The number of nitrogens with one attached hydrogen (secondary N) is 1. The maximum atomic E-state index is 5.91. The third kappa shape index (κ3) is 3.81. The average molecular weight is 252 g/mol. The Morgan fingerprint density at radius 1 is 1.40 bits per heavy atom. The van der Waals surface area contributed by atoms with Gasteiger partial charge in [0.05, 0.1) is 6.61 Å². The van der Waals surface area contributed by atoms with E-state index in [1.807, 2.05) is 0 Å². The highest BCUT2D eigenvalue weighted by atomic mass is 35.5. The summed E-state index contributed by atoms with van der Waals surface area (Å²) >= 11 is 2.08. The van der Waals surface area contributed by atoms with Gasteiger partial charge in [0.15, 0.2) is 0 Å². The molecule has 2 heterocycles. The van der Waals surface area contributed by atoms with Crippen molar-refractivity contribution in [2.45, 2.75) is 32.9 Å². The molecular formula is C11H22ClNOS. The Kier molecular flexibility index (Phi) is 5.23. The lowest BCUT2D eigenvalue weighted by Crippen LogP contribution is -2.51. The first-order valence-electron chi connectivity index (χ1n) is 5.60. The van der Waals surface area contributed by atoms with Gasteiger partial charge in [0.25, 0.3) is 0 Å². The second kappa shape index (κ2) is 5.76. The van der Waals surface area contributed by atoms with Gasteiger partial charge in [0, 0.05) is 17.9 Å². The molecule has 2 aliphatic heterocycles.